The van der Waals surface area contributed by atoms with Crippen LogP contribution in [0.2, 0.25) is 0 Å². The largest absolute Gasteiger partial charge is 0.442 e. The maximum Gasteiger partial charge on any atom is 0.237 e. The minimum Gasteiger partial charge on any atom is -0.442 e. The van der Waals surface area contributed by atoms with Gasteiger partial charge in [-0.05, 0) is 26.8 Å². The van der Waals surface area contributed by atoms with E-state index in [1.807, 2.05) is 45.0 Å². The number of aromatic nitrogens is 1. The number of nitrogens with zero attached hydrogens (tertiary/aromatic N) is 2. The summed E-state index contributed by atoms with van der Waals surface area (Å²) in [4.78, 5) is 7.70. The number of rotatable bonds is 2. The van der Waals surface area contributed by atoms with Gasteiger partial charge in [0.05, 0.1) is 0 Å². The lowest BCUT2D eigenvalue weighted by Crippen LogP contribution is -1.82. The van der Waals surface area contributed by atoms with Gasteiger partial charge in [0.2, 0.25) is 5.88 Å². The number of hydrogen-bond acceptors (Lipinski definition) is 3. The van der Waals surface area contributed by atoms with Gasteiger partial charge < -0.3 is 9.40 Å². The molecule has 4 heteroatoms. The van der Waals surface area contributed by atoms with Crippen LogP contribution in [0.25, 0.3) is 10.9 Å². The number of aryl methyl sites for hydroxylation is 2. The summed E-state index contributed by atoms with van der Waals surface area (Å²) < 4.78 is 5.56. The molecule has 3 rings (SSSR count). The van der Waals surface area contributed by atoms with Crippen LogP contribution in [0.1, 0.15) is 28.1 Å². The van der Waals surface area contributed by atoms with Crippen LogP contribution >= 0.6 is 0 Å². The Bertz CT molecular complexity index is 891. The molecule has 2 aromatic heterocycles. The maximum atomic E-state index is 9.21. The van der Waals surface area contributed by atoms with Gasteiger partial charge in [0.25, 0.3) is 0 Å². The molecule has 0 amide bonds. The van der Waals surface area contributed by atoms with Crippen LogP contribution in [0.3, 0.4) is 0 Å². The first kappa shape index (κ1) is 13.2. The molecule has 0 bridgehead atoms. The second kappa shape index (κ2) is 4.95. The van der Waals surface area contributed by atoms with Crippen LogP contribution in [-0.4, -0.2) is 11.2 Å². The van der Waals surface area contributed by atoms with E-state index in [0.717, 1.165) is 33.5 Å². The summed E-state index contributed by atoms with van der Waals surface area (Å²) in [5, 5.41) is 10.3. The van der Waals surface area contributed by atoms with Crippen molar-refractivity contribution < 1.29 is 4.42 Å². The second-order valence-corrected chi connectivity index (χ2v) is 5.04. The van der Waals surface area contributed by atoms with Crippen molar-refractivity contribution in [3.05, 3.63) is 52.4 Å². The monoisotopic (exact) mass is 277 g/mol. The molecule has 0 aliphatic rings. The van der Waals surface area contributed by atoms with E-state index < -0.39 is 0 Å². The summed E-state index contributed by atoms with van der Waals surface area (Å²) in [6.07, 6.45) is 1.76. The first-order chi connectivity index (χ1) is 10.1. The molecule has 0 saturated heterocycles. The number of H-pyrrole nitrogens is 1. The summed E-state index contributed by atoms with van der Waals surface area (Å²) in [6.45, 7) is 5.71. The first-order valence-electron chi connectivity index (χ1n) is 6.73. The Morgan fingerprint density at radius 1 is 1.24 bits per heavy atom. The Labute approximate surface area is 122 Å². The van der Waals surface area contributed by atoms with E-state index >= 15 is 0 Å². The lowest BCUT2D eigenvalue weighted by atomic mass is 10.1. The van der Waals surface area contributed by atoms with Crippen molar-refractivity contribution in [2.24, 2.45) is 4.99 Å². The molecule has 2 heterocycles. The molecule has 0 saturated carbocycles. The second-order valence-electron chi connectivity index (χ2n) is 5.04. The molecule has 0 fully saturated rings. The number of nitriles is 1. The minimum atomic E-state index is 0.372. The van der Waals surface area contributed by atoms with Crippen LogP contribution < -0.4 is 0 Å². The lowest BCUT2D eigenvalue weighted by molar-refractivity contribution is 0.542. The van der Waals surface area contributed by atoms with Gasteiger partial charge in [-0.3, -0.25) is 0 Å². The summed E-state index contributed by atoms with van der Waals surface area (Å²) in [7, 11) is 0. The van der Waals surface area contributed by atoms with Crippen molar-refractivity contribution >= 4 is 23.0 Å². The van der Waals surface area contributed by atoms with Crippen molar-refractivity contribution in [2.75, 3.05) is 0 Å². The average Bonchev–Trinajstić information content (AvgIpc) is 2.93. The van der Waals surface area contributed by atoms with E-state index in [9.17, 15) is 5.26 Å². The molecule has 0 unspecified atom stereocenters. The van der Waals surface area contributed by atoms with E-state index in [4.69, 9.17) is 4.42 Å². The summed E-state index contributed by atoms with van der Waals surface area (Å²) >= 11 is 0. The maximum absolute atomic E-state index is 9.21. The number of nitrogens with one attached hydrogen (secondary N) is 1. The average molecular weight is 277 g/mol. The number of aromatic amines is 1. The van der Waals surface area contributed by atoms with Crippen LogP contribution in [-0.2, 0) is 0 Å². The predicted octanol–water partition coefficient (Wildman–Crippen LogP) is 4.31. The molecular weight excluding hydrogens is 262 g/mol. The van der Waals surface area contributed by atoms with Crippen LogP contribution in [0.4, 0.5) is 5.88 Å². The van der Waals surface area contributed by atoms with Crippen molar-refractivity contribution in [1.29, 1.82) is 5.26 Å². The van der Waals surface area contributed by atoms with E-state index in [1.165, 1.54) is 0 Å². The summed E-state index contributed by atoms with van der Waals surface area (Å²) in [6, 6.07) is 10.2. The van der Waals surface area contributed by atoms with E-state index in [1.54, 1.807) is 6.21 Å². The fourth-order valence-electron chi connectivity index (χ4n) is 2.42. The predicted molar refractivity (Wildman–Crippen MR) is 83.2 cm³/mol. The summed E-state index contributed by atoms with van der Waals surface area (Å²) in [5.41, 5.74) is 4.48. The zero-order chi connectivity index (χ0) is 15.0. The first-order valence-corrected chi connectivity index (χ1v) is 6.73. The van der Waals surface area contributed by atoms with E-state index in [2.05, 4.69) is 16.0 Å². The normalized spacial score (nSPS) is 11.3. The molecule has 0 spiro atoms. The molecule has 104 valence electrons. The third-order valence-corrected chi connectivity index (χ3v) is 3.73. The molecular formula is C17H15N3O. The number of fused-ring (bicyclic) bond motifs is 1. The van der Waals surface area contributed by atoms with Crippen LogP contribution in [0.5, 0.6) is 0 Å². The number of aliphatic imine (C=N–C) groups is 1. The Hall–Kier alpha value is -2.80. The Balaban J connectivity index is 2.09. The highest BCUT2D eigenvalue weighted by molar-refractivity contribution is 6.01. The molecule has 4 nitrogen and oxygen atoms in total. The number of benzene rings is 1. The third kappa shape index (κ3) is 2.13. The van der Waals surface area contributed by atoms with Gasteiger partial charge in [0.1, 0.15) is 17.4 Å². The molecule has 1 aromatic carbocycles. The molecule has 1 N–H and O–H groups in total. The Morgan fingerprint density at radius 2 is 2.00 bits per heavy atom. The highest BCUT2D eigenvalue weighted by Gasteiger charge is 2.13. The SMILES string of the molecule is Cc1[nH]c2ccccc2c1/C=N/c1oc(C)c(C)c1C#N. The molecule has 3 aromatic rings. The smallest absolute Gasteiger partial charge is 0.237 e. The van der Waals surface area contributed by atoms with Crippen molar-refractivity contribution in [3.63, 3.8) is 0 Å². The number of hydrogen-bond donors (Lipinski definition) is 1. The van der Waals surface area contributed by atoms with Gasteiger partial charge in [-0.25, -0.2) is 4.99 Å². The Morgan fingerprint density at radius 3 is 2.76 bits per heavy atom. The minimum absolute atomic E-state index is 0.372. The van der Waals surface area contributed by atoms with Gasteiger partial charge in [0.15, 0.2) is 0 Å². The van der Waals surface area contributed by atoms with Crippen LogP contribution in [0, 0.1) is 32.1 Å². The fraction of sp³-hybridized carbons (Fsp3) is 0.176. The van der Waals surface area contributed by atoms with Gasteiger partial charge in [0, 0.05) is 33.9 Å². The van der Waals surface area contributed by atoms with Gasteiger partial charge >= 0.3 is 0 Å². The van der Waals surface area contributed by atoms with E-state index in [0.29, 0.717) is 11.4 Å². The molecule has 0 aliphatic carbocycles. The highest BCUT2D eigenvalue weighted by Crippen LogP contribution is 2.28. The van der Waals surface area contributed by atoms with Gasteiger partial charge in [-0.15, -0.1) is 0 Å². The topological polar surface area (TPSA) is 65.1 Å². The highest BCUT2D eigenvalue weighted by atomic mass is 16.4. The van der Waals surface area contributed by atoms with E-state index in [-0.39, 0.29) is 0 Å². The lowest BCUT2D eigenvalue weighted by Gasteiger charge is -1.93. The van der Waals surface area contributed by atoms with Crippen LogP contribution in [0.15, 0.2) is 33.7 Å². The summed E-state index contributed by atoms with van der Waals surface area (Å²) in [5.74, 6) is 1.10. The third-order valence-electron chi connectivity index (χ3n) is 3.73. The van der Waals surface area contributed by atoms with Crippen molar-refractivity contribution in [1.82, 2.24) is 4.98 Å². The zero-order valence-electron chi connectivity index (χ0n) is 12.2. The fourth-order valence-corrected chi connectivity index (χ4v) is 2.42. The molecule has 0 radical (unpaired) electrons. The quantitative estimate of drug-likeness (QED) is 0.709. The van der Waals surface area contributed by atoms with Crippen molar-refractivity contribution in [2.45, 2.75) is 20.8 Å². The standard InChI is InChI=1S/C17H15N3O/c1-10-12(3)21-17(14(10)8-18)19-9-15-11(2)20-16-7-5-4-6-13(15)16/h4-7,9,20H,1-3H3/b19-9+. The van der Waals surface area contributed by atoms with Crippen molar-refractivity contribution in [3.8, 4) is 6.07 Å². The zero-order valence-corrected chi connectivity index (χ0v) is 12.2. The van der Waals surface area contributed by atoms with Gasteiger partial charge in [-0.1, -0.05) is 18.2 Å². The Kier molecular flexibility index (Phi) is 3.11. The number of para-hydroxylation sites is 1. The molecule has 21 heavy (non-hydrogen) atoms. The molecule has 0 atom stereocenters. The number of furan rings is 1. The van der Waals surface area contributed by atoms with Gasteiger partial charge in [-0.2, -0.15) is 5.26 Å². The molecule has 0 aliphatic heterocycles.